The molecule has 0 aromatic rings. The van der Waals surface area contributed by atoms with Crippen molar-refractivity contribution in [2.75, 3.05) is 85.3 Å². The molecule has 0 aromatic carbocycles. The van der Waals surface area contributed by atoms with E-state index in [1.807, 2.05) is 0 Å². The average Bonchev–Trinajstić information content (AvgIpc) is 2.80. The zero-order chi connectivity index (χ0) is 23.9. The minimum absolute atomic E-state index is 0. The molecule has 0 bridgehead atoms. The Kier molecular flexibility index (Phi) is 19.1. The second-order valence-electron chi connectivity index (χ2n) is 4.76. The van der Waals surface area contributed by atoms with Crippen molar-refractivity contribution in [1.29, 1.82) is 0 Å². The summed E-state index contributed by atoms with van der Waals surface area (Å²) in [5.74, 6) is 0. The Bertz CT molecular complexity index is 353. The second kappa shape index (κ2) is 17.0. The summed E-state index contributed by atoms with van der Waals surface area (Å²) < 4.78 is 71.5. The van der Waals surface area contributed by atoms with Crippen LogP contribution in [0.5, 0.6) is 0 Å². The van der Waals surface area contributed by atoms with Crippen molar-refractivity contribution >= 4 is 0 Å². The smallest absolute Gasteiger partial charge is 0.412 e. The minimum Gasteiger partial charge on any atom is -0.412 e. The molecule has 0 fully saturated rings. The van der Waals surface area contributed by atoms with Crippen LogP contribution in [0.3, 0.4) is 0 Å². The molecule has 15 nitrogen and oxygen atoms in total. The van der Waals surface area contributed by atoms with Crippen molar-refractivity contribution < 1.29 is 71.8 Å². The van der Waals surface area contributed by atoms with E-state index >= 15 is 0 Å². The monoisotopic (exact) mass is 470 g/mol. The second-order valence-corrected chi connectivity index (χ2v) is 4.76. The van der Waals surface area contributed by atoms with Crippen molar-refractivity contribution in [2.45, 2.75) is 24.6 Å². The van der Waals surface area contributed by atoms with Crippen LogP contribution in [0, 0.1) is 0 Å². The van der Waals surface area contributed by atoms with E-state index in [0.29, 0.717) is 0 Å². The number of hydrogen-bond acceptors (Lipinski definition) is 14. The average molecular weight is 470 g/mol. The van der Waals surface area contributed by atoms with Gasteiger partial charge in [-0.1, -0.05) is 0 Å². The molecule has 0 unspecified atom stereocenters. The van der Waals surface area contributed by atoms with Gasteiger partial charge in [0, 0.05) is 85.3 Å². The molecule has 0 heterocycles. The molecular weight excluding hydrogens is 432 g/mol. The molecule has 31 heavy (non-hydrogen) atoms. The predicted octanol–water partition coefficient (Wildman–Crippen LogP) is -0.617. The summed E-state index contributed by atoms with van der Waals surface area (Å²) in [6.07, 6.45) is -8.95. The van der Waals surface area contributed by atoms with Gasteiger partial charge in [0.05, 0.1) is 0 Å². The van der Waals surface area contributed by atoms with Gasteiger partial charge in [-0.2, -0.15) is 0 Å². The van der Waals surface area contributed by atoms with Gasteiger partial charge in [0.15, 0.2) is 0 Å². The highest BCUT2D eigenvalue weighted by atomic mass is 17.2. The van der Waals surface area contributed by atoms with Crippen molar-refractivity contribution in [1.82, 2.24) is 0 Å². The molecule has 0 amide bonds. The molecule has 0 aliphatic rings. The predicted molar refractivity (Wildman–Crippen MR) is 101 cm³/mol. The third kappa shape index (κ3) is 9.82. The maximum Gasteiger partial charge on any atom is 0.424 e. The fraction of sp³-hybridized carbons (Fsp3) is 1.00. The normalized spacial score (nSPS) is 12.8. The van der Waals surface area contributed by atoms with Gasteiger partial charge in [0.25, 0.3) is 0 Å². The van der Waals surface area contributed by atoms with Gasteiger partial charge in [-0.25, -0.2) is 14.2 Å². The molecule has 192 valence electrons. The van der Waals surface area contributed by atoms with Crippen molar-refractivity contribution in [3.8, 4) is 0 Å². The summed E-state index contributed by atoms with van der Waals surface area (Å²) in [7, 11) is 15.4. The lowest BCUT2D eigenvalue weighted by Crippen LogP contribution is -2.60. The zero-order valence-electron chi connectivity index (χ0n) is 20.2. The number of rotatable bonds is 16. The van der Waals surface area contributed by atoms with Crippen LogP contribution in [0.15, 0.2) is 0 Å². The molecule has 15 heteroatoms. The highest BCUT2D eigenvalue weighted by molar-refractivity contribution is 4.52. The Morgan fingerprint density at radius 3 is 0.548 bits per heavy atom. The van der Waals surface area contributed by atoms with Gasteiger partial charge < -0.3 is 57.6 Å². The fourth-order valence-electron chi connectivity index (χ4n) is 1.75. The highest BCUT2D eigenvalue weighted by Gasteiger charge is 2.57. The summed E-state index contributed by atoms with van der Waals surface area (Å²) in [5, 5.41) is 0. The van der Waals surface area contributed by atoms with Crippen molar-refractivity contribution in [3.05, 3.63) is 0 Å². The molecule has 0 spiro atoms. The lowest BCUT2D eigenvalue weighted by molar-refractivity contribution is -0.686. The van der Waals surface area contributed by atoms with Crippen LogP contribution in [-0.4, -0.2) is 115 Å². The Hall–Kier alpha value is -0.600. The quantitative estimate of drug-likeness (QED) is 0.262. The summed E-state index contributed by atoms with van der Waals surface area (Å²) >= 11 is 0. The molecule has 0 aliphatic carbocycles. The largest absolute Gasteiger partial charge is 0.424 e. The maximum atomic E-state index is 5.53. The Labute approximate surface area is 182 Å². The number of ether oxygens (including phenoxy) is 14. The van der Waals surface area contributed by atoms with Crippen LogP contribution >= 0.6 is 0 Å². The lowest BCUT2D eigenvalue weighted by atomic mass is 10.8. The van der Waals surface area contributed by atoms with E-state index in [4.69, 9.17) is 61.6 Å². The van der Waals surface area contributed by atoms with Crippen LogP contribution in [0.4, 0.5) is 0 Å². The SMILES string of the molecule is COC.COC(OC)(OC)OC(OC)(OC)OC(OC)(OC)OC(OC)(OC)OC.O. The molecule has 0 radical (unpaired) electrons. The first-order chi connectivity index (χ1) is 14.1. The topological polar surface area (TPSA) is 161 Å². The first kappa shape index (κ1) is 35.0. The van der Waals surface area contributed by atoms with Crippen molar-refractivity contribution in [2.24, 2.45) is 0 Å². The molecule has 0 aliphatic heterocycles. The summed E-state index contributed by atoms with van der Waals surface area (Å²) in [6, 6.07) is 0. The van der Waals surface area contributed by atoms with E-state index in [-0.39, 0.29) is 5.48 Å². The number of methoxy groups -OCH3 is 11. The Morgan fingerprint density at radius 1 is 0.290 bits per heavy atom. The summed E-state index contributed by atoms with van der Waals surface area (Å²) in [5.41, 5.74) is 0. The van der Waals surface area contributed by atoms with Crippen LogP contribution in [0.25, 0.3) is 0 Å². The molecule has 0 aromatic heterocycles. The molecular formula is C16H38O15. The van der Waals surface area contributed by atoms with Gasteiger partial charge in [0.1, 0.15) is 0 Å². The standard InChI is InChI=1S/C14H30O13.C2H6O.H2O/c1-15-11(16-2,17-3)25-13(21-7,22-8)27-14(23-9,24-10)26-12(18-4,19-5)20-6;1-3-2;/h1-10H3;1-2H3;1H2. The summed E-state index contributed by atoms with van der Waals surface area (Å²) in [4.78, 5) is 0. The van der Waals surface area contributed by atoms with E-state index in [1.54, 1.807) is 14.2 Å². The van der Waals surface area contributed by atoms with Crippen molar-refractivity contribution in [3.63, 3.8) is 0 Å². The first-order valence-electron chi connectivity index (χ1n) is 8.16. The van der Waals surface area contributed by atoms with Gasteiger partial charge in [0.2, 0.25) is 0 Å². The Morgan fingerprint density at radius 2 is 0.419 bits per heavy atom. The van der Waals surface area contributed by atoms with Crippen LogP contribution < -0.4 is 0 Å². The first-order valence-corrected chi connectivity index (χ1v) is 8.16. The highest BCUT2D eigenvalue weighted by Crippen LogP contribution is 2.34. The van der Waals surface area contributed by atoms with Gasteiger partial charge in [-0.3, -0.25) is 0 Å². The Balaban J connectivity index is -0.00000184. The molecule has 0 saturated heterocycles. The van der Waals surface area contributed by atoms with Crippen LogP contribution in [0.2, 0.25) is 0 Å². The van der Waals surface area contributed by atoms with E-state index in [9.17, 15) is 0 Å². The minimum atomic E-state index is -2.39. The van der Waals surface area contributed by atoms with Gasteiger partial charge >= 0.3 is 24.6 Å². The van der Waals surface area contributed by atoms with Crippen LogP contribution in [-0.2, 0) is 66.3 Å². The molecule has 0 saturated carbocycles. The van der Waals surface area contributed by atoms with E-state index in [0.717, 1.165) is 0 Å². The number of hydrogen-bond donors (Lipinski definition) is 0. The molecule has 2 N–H and O–H groups in total. The third-order valence-electron chi connectivity index (χ3n) is 3.25. The fourth-order valence-corrected chi connectivity index (χ4v) is 1.75. The third-order valence-corrected chi connectivity index (χ3v) is 3.25. The molecule has 0 atom stereocenters. The lowest BCUT2D eigenvalue weighted by Gasteiger charge is -2.42. The van der Waals surface area contributed by atoms with E-state index < -0.39 is 24.6 Å². The van der Waals surface area contributed by atoms with Gasteiger partial charge in [-0.15, -0.1) is 0 Å². The molecule has 0 rings (SSSR count). The summed E-state index contributed by atoms with van der Waals surface area (Å²) in [6.45, 7) is 0. The van der Waals surface area contributed by atoms with Gasteiger partial charge in [-0.05, 0) is 0 Å². The van der Waals surface area contributed by atoms with E-state index in [1.165, 1.54) is 71.1 Å². The van der Waals surface area contributed by atoms with E-state index in [2.05, 4.69) is 4.74 Å². The maximum absolute atomic E-state index is 5.53. The van der Waals surface area contributed by atoms with Crippen LogP contribution in [0.1, 0.15) is 0 Å². The zero-order valence-corrected chi connectivity index (χ0v) is 20.2.